The monoisotopic (exact) mass is 354 g/mol. The number of para-hydroxylation sites is 1. The summed E-state index contributed by atoms with van der Waals surface area (Å²) in [5, 5.41) is 12.0. The van der Waals surface area contributed by atoms with E-state index in [9.17, 15) is 4.79 Å². The molecule has 0 aliphatic carbocycles. The van der Waals surface area contributed by atoms with Crippen LogP contribution in [0.4, 0.5) is 5.69 Å². The first-order chi connectivity index (χ1) is 12.6. The van der Waals surface area contributed by atoms with Crippen molar-refractivity contribution in [2.45, 2.75) is 32.4 Å². The molecule has 0 radical (unpaired) electrons. The SMILES string of the molecule is Cc1c(C(=O)N2CCN(C)Cc3ccccc32)nnn1C1CCNCC1. The summed E-state index contributed by atoms with van der Waals surface area (Å²) in [6.07, 6.45) is 2.05. The van der Waals surface area contributed by atoms with Crippen LogP contribution in [0.15, 0.2) is 24.3 Å². The number of hydrogen-bond acceptors (Lipinski definition) is 5. The molecule has 1 N–H and O–H groups in total. The van der Waals surface area contributed by atoms with Crippen LogP contribution in [0.3, 0.4) is 0 Å². The molecule has 7 nitrogen and oxygen atoms in total. The van der Waals surface area contributed by atoms with Gasteiger partial charge in [0, 0.05) is 25.3 Å². The van der Waals surface area contributed by atoms with Crippen molar-refractivity contribution < 1.29 is 4.79 Å². The van der Waals surface area contributed by atoms with Crippen molar-refractivity contribution >= 4 is 11.6 Å². The van der Waals surface area contributed by atoms with Gasteiger partial charge in [0.1, 0.15) is 0 Å². The first-order valence-corrected chi connectivity index (χ1v) is 9.36. The van der Waals surface area contributed by atoms with E-state index in [0.717, 1.165) is 50.4 Å². The van der Waals surface area contributed by atoms with Gasteiger partial charge in [0.05, 0.1) is 11.7 Å². The molecule has 1 aromatic carbocycles. The summed E-state index contributed by atoms with van der Waals surface area (Å²) in [5.74, 6) is -0.0505. The second-order valence-electron chi connectivity index (χ2n) is 7.27. The first-order valence-electron chi connectivity index (χ1n) is 9.36. The molecular formula is C19H26N6O. The molecule has 7 heteroatoms. The van der Waals surface area contributed by atoms with Crippen LogP contribution in [0, 0.1) is 6.92 Å². The van der Waals surface area contributed by atoms with Gasteiger partial charge in [0.2, 0.25) is 0 Å². The van der Waals surface area contributed by atoms with Crippen LogP contribution < -0.4 is 10.2 Å². The van der Waals surface area contributed by atoms with E-state index in [1.165, 1.54) is 5.56 Å². The highest BCUT2D eigenvalue weighted by molar-refractivity contribution is 6.05. The average Bonchev–Trinajstić information content (AvgIpc) is 2.96. The Bertz CT molecular complexity index is 795. The fourth-order valence-electron chi connectivity index (χ4n) is 3.94. The Morgan fingerprint density at radius 3 is 2.77 bits per heavy atom. The molecule has 0 atom stereocenters. The number of fused-ring (bicyclic) bond motifs is 1. The maximum absolute atomic E-state index is 13.3. The average molecular weight is 354 g/mol. The van der Waals surface area contributed by atoms with E-state index >= 15 is 0 Å². The van der Waals surface area contributed by atoms with Gasteiger partial charge in [-0.1, -0.05) is 23.4 Å². The molecule has 26 heavy (non-hydrogen) atoms. The Kier molecular flexibility index (Phi) is 4.74. The Morgan fingerprint density at radius 2 is 1.96 bits per heavy atom. The van der Waals surface area contributed by atoms with Crippen LogP contribution in [0.2, 0.25) is 0 Å². The normalized spacial score (nSPS) is 19.2. The van der Waals surface area contributed by atoms with Crippen LogP contribution in [0.25, 0.3) is 0 Å². The van der Waals surface area contributed by atoms with E-state index in [4.69, 9.17) is 0 Å². The number of piperidine rings is 1. The van der Waals surface area contributed by atoms with Gasteiger partial charge < -0.3 is 15.1 Å². The molecule has 1 amide bonds. The Labute approximate surface area is 154 Å². The van der Waals surface area contributed by atoms with Crippen molar-refractivity contribution in [1.29, 1.82) is 0 Å². The lowest BCUT2D eigenvalue weighted by Gasteiger charge is -2.24. The predicted molar refractivity (Wildman–Crippen MR) is 100 cm³/mol. The number of carbonyl (C=O) groups is 1. The van der Waals surface area contributed by atoms with Gasteiger partial charge in [0.15, 0.2) is 5.69 Å². The summed E-state index contributed by atoms with van der Waals surface area (Å²) < 4.78 is 1.95. The molecule has 1 fully saturated rings. The number of anilines is 1. The van der Waals surface area contributed by atoms with E-state index in [-0.39, 0.29) is 5.91 Å². The molecule has 0 unspecified atom stereocenters. The van der Waals surface area contributed by atoms with E-state index in [2.05, 4.69) is 33.6 Å². The van der Waals surface area contributed by atoms with Gasteiger partial charge in [-0.25, -0.2) is 4.68 Å². The minimum atomic E-state index is -0.0505. The Morgan fingerprint density at radius 1 is 1.19 bits per heavy atom. The molecule has 0 spiro atoms. The number of carbonyl (C=O) groups excluding carboxylic acids is 1. The third kappa shape index (κ3) is 3.12. The summed E-state index contributed by atoms with van der Waals surface area (Å²) in [4.78, 5) is 17.4. The van der Waals surface area contributed by atoms with Crippen LogP contribution in [-0.4, -0.2) is 59.0 Å². The zero-order chi connectivity index (χ0) is 18.1. The Hall–Kier alpha value is -2.25. The van der Waals surface area contributed by atoms with Gasteiger partial charge in [-0.3, -0.25) is 4.79 Å². The van der Waals surface area contributed by atoms with Gasteiger partial charge in [-0.15, -0.1) is 5.10 Å². The highest BCUT2D eigenvalue weighted by Crippen LogP contribution is 2.27. The fourth-order valence-corrected chi connectivity index (χ4v) is 3.94. The second kappa shape index (κ2) is 7.17. The fraction of sp³-hybridized carbons (Fsp3) is 0.526. The standard InChI is InChI=1S/C19H26N6O/c1-14-18(21-22-25(14)16-7-9-20-10-8-16)19(26)24-12-11-23(2)13-15-5-3-4-6-17(15)24/h3-6,16,20H,7-13H2,1-2H3. The smallest absolute Gasteiger partial charge is 0.280 e. The maximum atomic E-state index is 13.3. The van der Waals surface area contributed by atoms with Crippen molar-refractivity contribution in [2.24, 2.45) is 0 Å². The molecular weight excluding hydrogens is 328 g/mol. The molecule has 2 aromatic rings. The number of amides is 1. The molecule has 138 valence electrons. The van der Waals surface area contributed by atoms with Crippen LogP contribution in [-0.2, 0) is 6.54 Å². The summed E-state index contributed by atoms with van der Waals surface area (Å²) in [7, 11) is 2.09. The number of nitrogens with zero attached hydrogens (tertiary/aromatic N) is 5. The molecule has 1 saturated heterocycles. The van der Waals surface area contributed by atoms with E-state index < -0.39 is 0 Å². The highest BCUT2D eigenvalue weighted by atomic mass is 16.2. The summed E-state index contributed by atoms with van der Waals surface area (Å²) in [5.41, 5.74) is 3.50. The van der Waals surface area contributed by atoms with Crippen LogP contribution >= 0.6 is 0 Å². The quantitative estimate of drug-likeness (QED) is 0.887. The summed E-state index contributed by atoms with van der Waals surface area (Å²) in [6.45, 7) is 6.28. The van der Waals surface area contributed by atoms with Crippen molar-refractivity contribution in [3.8, 4) is 0 Å². The third-order valence-corrected chi connectivity index (χ3v) is 5.46. The molecule has 2 aliphatic rings. The van der Waals surface area contributed by atoms with Crippen molar-refractivity contribution in [3.05, 3.63) is 41.2 Å². The number of nitrogens with one attached hydrogen (secondary N) is 1. The number of likely N-dealkylation sites (N-methyl/N-ethyl adjacent to an activating group) is 1. The van der Waals surface area contributed by atoms with Gasteiger partial charge in [-0.2, -0.15) is 0 Å². The van der Waals surface area contributed by atoms with E-state index in [0.29, 0.717) is 18.3 Å². The van der Waals surface area contributed by atoms with Crippen LogP contribution in [0.5, 0.6) is 0 Å². The van der Waals surface area contributed by atoms with Gasteiger partial charge in [0.25, 0.3) is 5.91 Å². The van der Waals surface area contributed by atoms with Gasteiger partial charge in [-0.05, 0) is 51.5 Å². The lowest BCUT2D eigenvalue weighted by Crippen LogP contribution is -2.36. The van der Waals surface area contributed by atoms with Crippen LogP contribution in [0.1, 0.15) is 40.6 Å². The molecule has 0 bridgehead atoms. The topological polar surface area (TPSA) is 66.3 Å². The van der Waals surface area contributed by atoms with E-state index in [1.807, 2.05) is 34.7 Å². The highest BCUT2D eigenvalue weighted by Gasteiger charge is 2.29. The molecule has 2 aliphatic heterocycles. The first kappa shape index (κ1) is 17.2. The minimum Gasteiger partial charge on any atom is -0.317 e. The lowest BCUT2D eigenvalue weighted by atomic mass is 10.1. The van der Waals surface area contributed by atoms with Crippen molar-refractivity contribution in [2.75, 3.05) is 38.1 Å². The van der Waals surface area contributed by atoms with Crippen molar-refractivity contribution in [1.82, 2.24) is 25.2 Å². The number of aromatic nitrogens is 3. The number of hydrogen-bond donors (Lipinski definition) is 1. The molecule has 0 saturated carbocycles. The zero-order valence-electron chi connectivity index (χ0n) is 15.5. The van der Waals surface area contributed by atoms with Gasteiger partial charge >= 0.3 is 0 Å². The molecule has 3 heterocycles. The predicted octanol–water partition coefficient (Wildman–Crippen LogP) is 1.60. The zero-order valence-corrected chi connectivity index (χ0v) is 15.5. The van der Waals surface area contributed by atoms with Crippen molar-refractivity contribution in [3.63, 3.8) is 0 Å². The Balaban J connectivity index is 1.65. The largest absolute Gasteiger partial charge is 0.317 e. The summed E-state index contributed by atoms with van der Waals surface area (Å²) in [6, 6.07) is 8.46. The number of benzene rings is 1. The minimum absolute atomic E-state index is 0.0505. The molecule has 1 aromatic heterocycles. The van der Waals surface area contributed by atoms with E-state index in [1.54, 1.807) is 0 Å². The lowest BCUT2D eigenvalue weighted by molar-refractivity contribution is 0.0980. The molecule has 4 rings (SSSR count). The third-order valence-electron chi connectivity index (χ3n) is 5.46. The second-order valence-corrected chi connectivity index (χ2v) is 7.27. The maximum Gasteiger partial charge on any atom is 0.280 e. The number of rotatable bonds is 2. The summed E-state index contributed by atoms with van der Waals surface area (Å²) >= 11 is 0.